The fourth-order valence-corrected chi connectivity index (χ4v) is 4.86. The Morgan fingerprint density at radius 3 is 2.48 bits per heavy atom. The highest BCUT2D eigenvalue weighted by Gasteiger charge is 2.23. The third kappa shape index (κ3) is 3.76. The van der Waals surface area contributed by atoms with Crippen molar-refractivity contribution in [2.45, 2.75) is 64.8 Å². The van der Waals surface area contributed by atoms with Gasteiger partial charge >= 0.3 is 0 Å². The van der Waals surface area contributed by atoms with E-state index in [1.54, 1.807) is 0 Å². The number of hydrogen-bond acceptors (Lipinski definition) is 2. The molecule has 1 aromatic carbocycles. The smallest absolute Gasteiger partial charge is 0.257 e. The average Bonchev–Trinajstić information content (AvgIpc) is 3.31. The molecule has 4 rings (SSSR count). The summed E-state index contributed by atoms with van der Waals surface area (Å²) in [6, 6.07) is 10.9. The first-order valence-electron chi connectivity index (χ1n) is 10.5. The number of carbonyl (C=O) groups excluding carboxylic acids is 1. The molecule has 1 amide bonds. The van der Waals surface area contributed by atoms with Gasteiger partial charge in [0, 0.05) is 41.9 Å². The second kappa shape index (κ2) is 7.79. The van der Waals surface area contributed by atoms with Gasteiger partial charge in [-0.05, 0) is 63.8 Å². The third-order valence-corrected chi connectivity index (χ3v) is 6.24. The van der Waals surface area contributed by atoms with Crippen LogP contribution in [0.15, 0.2) is 30.3 Å². The van der Waals surface area contributed by atoms with Gasteiger partial charge in [-0.3, -0.25) is 4.79 Å². The number of anilines is 2. The van der Waals surface area contributed by atoms with Gasteiger partial charge in [-0.25, -0.2) is 0 Å². The quantitative estimate of drug-likeness (QED) is 0.781. The Kier molecular flexibility index (Phi) is 5.24. The summed E-state index contributed by atoms with van der Waals surface area (Å²) in [5.74, 6) is 0.00345. The maximum atomic E-state index is 13.0. The summed E-state index contributed by atoms with van der Waals surface area (Å²) >= 11 is 0. The van der Waals surface area contributed by atoms with Crippen LogP contribution >= 0.6 is 0 Å². The number of hydrogen-bond donors (Lipinski definition) is 1. The molecule has 2 heterocycles. The minimum absolute atomic E-state index is 0.00345. The maximum Gasteiger partial charge on any atom is 0.257 e. The van der Waals surface area contributed by atoms with Crippen LogP contribution in [-0.4, -0.2) is 23.6 Å². The lowest BCUT2D eigenvalue weighted by molar-refractivity contribution is 0.102. The third-order valence-electron chi connectivity index (χ3n) is 6.24. The minimum atomic E-state index is 0.00345. The van der Waals surface area contributed by atoms with E-state index < -0.39 is 0 Å². The molecule has 2 fully saturated rings. The van der Waals surface area contributed by atoms with Gasteiger partial charge in [0.15, 0.2) is 0 Å². The summed E-state index contributed by atoms with van der Waals surface area (Å²) in [6.45, 7) is 6.45. The molecule has 1 saturated heterocycles. The zero-order valence-electron chi connectivity index (χ0n) is 16.6. The van der Waals surface area contributed by atoms with Gasteiger partial charge in [-0.1, -0.05) is 25.3 Å². The maximum absolute atomic E-state index is 13.0. The fourth-order valence-electron chi connectivity index (χ4n) is 4.86. The summed E-state index contributed by atoms with van der Waals surface area (Å²) in [6.07, 6.45) is 8.91. The number of benzene rings is 1. The van der Waals surface area contributed by atoms with Crippen molar-refractivity contribution in [3.8, 4) is 0 Å². The van der Waals surface area contributed by atoms with Crippen molar-refractivity contribution < 1.29 is 4.79 Å². The Bertz CT molecular complexity index is 811. The van der Waals surface area contributed by atoms with E-state index >= 15 is 0 Å². The molecule has 1 N–H and O–H groups in total. The van der Waals surface area contributed by atoms with E-state index in [0.717, 1.165) is 30.0 Å². The van der Waals surface area contributed by atoms with Crippen LogP contribution in [0.2, 0.25) is 0 Å². The van der Waals surface area contributed by atoms with Crippen LogP contribution in [0.5, 0.6) is 0 Å². The van der Waals surface area contributed by atoms with Gasteiger partial charge < -0.3 is 14.8 Å². The van der Waals surface area contributed by atoms with E-state index in [1.165, 1.54) is 56.3 Å². The molecular formula is C23H31N3O. The molecule has 1 aromatic heterocycles. The first-order valence-corrected chi connectivity index (χ1v) is 10.5. The lowest BCUT2D eigenvalue weighted by atomic mass is 9.95. The lowest BCUT2D eigenvalue weighted by Gasteiger charge is -2.26. The van der Waals surface area contributed by atoms with Crippen molar-refractivity contribution in [3.63, 3.8) is 0 Å². The number of amides is 1. The molecule has 0 atom stereocenters. The lowest BCUT2D eigenvalue weighted by Crippen LogP contribution is -2.19. The second-order valence-corrected chi connectivity index (χ2v) is 8.15. The van der Waals surface area contributed by atoms with Crippen LogP contribution in [0.3, 0.4) is 0 Å². The molecule has 144 valence electrons. The molecule has 1 aliphatic heterocycles. The second-order valence-electron chi connectivity index (χ2n) is 8.15. The molecule has 0 radical (unpaired) electrons. The zero-order chi connectivity index (χ0) is 18.8. The van der Waals surface area contributed by atoms with Crippen LogP contribution in [0.25, 0.3) is 0 Å². The Morgan fingerprint density at radius 2 is 1.74 bits per heavy atom. The molecule has 4 nitrogen and oxygen atoms in total. The van der Waals surface area contributed by atoms with Gasteiger partial charge in [-0.15, -0.1) is 0 Å². The highest BCUT2D eigenvalue weighted by Crippen LogP contribution is 2.32. The molecule has 2 aromatic rings. The normalized spacial score (nSPS) is 18.1. The van der Waals surface area contributed by atoms with Gasteiger partial charge in [0.25, 0.3) is 5.91 Å². The van der Waals surface area contributed by atoms with Crippen LogP contribution in [-0.2, 0) is 0 Å². The Morgan fingerprint density at radius 1 is 1.00 bits per heavy atom. The fraction of sp³-hybridized carbons (Fsp3) is 0.522. The molecule has 4 heteroatoms. The first kappa shape index (κ1) is 18.1. The van der Waals surface area contributed by atoms with Crippen molar-refractivity contribution in [2.75, 3.05) is 23.3 Å². The van der Waals surface area contributed by atoms with E-state index in [0.29, 0.717) is 6.04 Å². The van der Waals surface area contributed by atoms with Crippen molar-refractivity contribution in [1.82, 2.24) is 4.57 Å². The highest BCUT2D eigenvalue weighted by atomic mass is 16.1. The molecule has 2 aliphatic rings. The molecule has 0 spiro atoms. The Balaban J connectivity index is 1.52. The van der Waals surface area contributed by atoms with Crippen molar-refractivity contribution in [2.24, 2.45) is 0 Å². The number of rotatable bonds is 4. The van der Waals surface area contributed by atoms with Crippen molar-refractivity contribution >= 4 is 17.3 Å². The largest absolute Gasteiger partial charge is 0.371 e. The van der Waals surface area contributed by atoms with Crippen molar-refractivity contribution in [3.05, 3.63) is 47.3 Å². The Labute approximate surface area is 162 Å². The standard InChI is InChI=1S/C23H31N3O/c1-17-15-22(18(2)26(17)20-10-4-3-5-11-20)23(27)24-19-9-8-12-21(16-19)25-13-6-7-14-25/h8-9,12,15-16,20H,3-7,10-11,13-14H2,1-2H3,(H,24,27). The minimum Gasteiger partial charge on any atom is -0.371 e. The molecular weight excluding hydrogens is 334 g/mol. The SMILES string of the molecule is Cc1cc(C(=O)Nc2cccc(N3CCCC3)c2)c(C)n1C1CCCCC1. The predicted octanol–water partition coefficient (Wildman–Crippen LogP) is 5.46. The van der Waals surface area contributed by atoms with Crippen LogP contribution < -0.4 is 10.2 Å². The van der Waals surface area contributed by atoms with E-state index in [2.05, 4.69) is 46.8 Å². The number of aryl methyl sites for hydroxylation is 1. The van der Waals surface area contributed by atoms with Crippen LogP contribution in [0, 0.1) is 13.8 Å². The average molecular weight is 366 g/mol. The summed E-state index contributed by atoms with van der Waals surface area (Å²) in [5.41, 5.74) is 5.21. The van der Waals surface area contributed by atoms with Gasteiger partial charge in [0.05, 0.1) is 5.56 Å². The van der Waals surface area contributed by atoms with Crippen LogP contribution in [0.4, 0.5) is 11.4 Å². The zero-order valence-corrected chi connectivity index (χ0v) is 16.6. The summed E-state index contributed by atoms with van der Waals surface area (Å²) < 4.78 is 2.40. The topological polar surface area (TPSA) is 37.3 Å². The van der Waals surface area contributed by atoms with E-state index in [4.69, 9.17) is 0 Å². The van der Waals surface area contributed by atoms with Gasteiger partial charge in [0.1, 0.15) is 0 Å². The molecule has 0 unspecified atom stereocenters. The first-order chi connectivity index (χ1) is 13.1. The van der Waals surface area contributed by atoms with Gasteiger partial charge in [0.2, 0.25) is 0 Å². The number of aromatic nitrogens is 1. The van der Waals surface area contributed by atoms with E-state index in [1.807, 2.05) is 12.1 Å². The number of carbonyl (C=O) groups is 1. The molecule has 1 aliphatic carbocycles. The summed E-state index contributed by atoms with van der Waals surface area (Å²) in [4.78, 5) is 15.4. The van der Waals surface area contributed by atoms with Gasteiger partial charge in [-0.2, -0.15) is 0 Å². The van der Waals surface area contributed by atoms with E-state index in [-0.39, 0.29) is 5.91 Å². The summed E-state index contributed by atoms with van der Waals surface area (Å²) in [7, 11) is 0. The van der Waals surface area contributed by atoms with Crippen LogP contribution in [0.1, 0.15) is 72.7 Å². The summed E-state index contributed by atoms with van der Waals surface area (Å²) in [5, 5.41) is 3.13. The molecule has 0 bridgehead atoms. The monoisotopic (exact) mass is 365 g/mol. The van der Waals surface area contributed by atoms with Crippen molar-refractivity contribution in [1.29, 1.82) is 0 Å². The molecule has 1 saturated carbocycles. The number of nitrogens with zero attached hydrogens (tertiary/aromatic N) is 2. The van der Waals surface area contributed by atoms with E-state index in [9.17, 15) is 4.79 Å². The number of nitrogens with one attached hydrogen (secondary N) is 1. The molecule has 27 heavy (non-hydrogen) atoms. The highest BCUT2D eigenvalue weighted by molar-refractivity contribution is 6.05. The Hall–Kier alpha value is -2.23. The predicted molar refractivity (Wildman–Crippen MR) is 112 cm³/mol.